The third-order valence-electron chi connectivity index (χ3n) is 3.04. The fourth-order valence-corrected chi connectivity index (χ4v) is 3.48. The highest BCUT2D eigenvalue weighted by Crippen LogP contribution is 2.27. The molecule has 0 aliphatic heterocycles. The van der Waals surface area contributed by atoms with E-state index in [4.69, 9.17) is 4.84 Å². The molecule has 2 rings (SSSR count). The van der Waals surface area contributed by atoms with Gasteiger partial charge in [0.1, 0.15) is 10.9 Å². The smallest absolute Gasteiger partial charge is 0.301 e. The average Bonchev–Trinajstić information content (AvgIpc) is 2.84. The summed E-state index contributed by atoms with van der Waals surface area (Å²) in [7, 11) is 0. The number of hydrogen-bond donors (Lipinski definition) is 0. The van der Waals surface area contributed by atoms with Crippen LogP contribution < -0.4 is 0 Å². The second-order valence-electron chi connectivity index (χ2n) is 4.62. The van der Waals surface area contributed by atoms with Crippen molar-refractivity contribution >= 4 is 29.3 Å². The third kappa shape index (κ3) is 5.70. The molecule has 1 aromatic rings. The van der Waals surface area contributed by atoms with E-state index in [-0.39, 0.29) is 12.2 Å². The SMILES string of the molecule is FC(F)=C(F)CCSc1ncc(/C=N\OCC2CCC2)s1. The van der Waals surface area contributed by atoms with Crippen LogP contribution in [0.2, 0.25) is 0 Å². The molecule has 1 aliphatic carbocycles. The second kappa shape index (κ2) is 8.43. The molecule has 0 amide bonds. The number of thiazole rings is 1. The van der Waals surface area contributed by atoms with Crippen LogP contribution in [0.5, 0.6) is 0 Å². The number of oxime groups is 1. The van der Waals surface area contributed by atoms with Crippen molar-refractivity contribution in [1.82, 2.24) is 4.98 Å². The van der Waals surface area contributed by atoms with Crippen molar-refractivity contribution in [2.24, 2.45) is 11.1 Å². The molecular weight excluding hydrogens is 321 g/mol. The normalized spacial score (nSPS) is 15.2. The van der Waals surface area contributed by atoms with Gasteiger partial charge in [-0.25, -0.2) is 9.37 Å². The van der Waals surface area contributed by atoms with Crippen LogP contribution in [0, 0.1) is 5.92 Å². The predicted octanol–water partition coefficient (Wildman–Crippen LogP) is 4.85. The van der Waals surface area contributed by atoms with Crippen molar-refractivity contribution in [3.8, 4) is 0 Å². The lowest BCUT2D eigenvalue weighted by atomic mass is 9.86. The van der Waals surface area contributed by atoms with Crippen LogP contribution >= 0.6 is 23.1 Å². The van der Waals surface area contributed by atoms with Gasteiger partial charge in [-0.05, 0) is 18.8 Å². The van der Waals surface area contributed by atoms with Crippen LogP contribution in [0.15, 0.2) is 27.6 Å². The van der Waals surface area contributed by atoms with E-state index in [1.54, 1.807) is 12.4 Å². The number of nitrogens with zero attached hydrogens (tertiary/aromatic N) is 2. The Labute approximate surface area is 129 Å². The molecule has 1 heterocycles. The largest absolute Gasteiger partial charge is 0.395 e. The molecule has 1 fully saturated rings. The quantitative estimate of drug-likeness (QED) is 0.386. The molecule has 1 saturated carbocycles. The van der Waals surface area contributed by atoms with Gasteiger partial charge in [-0.1, -0.05) is 23.3 Å². The molecule has 1 aliphatic rings. The number of thioether (sulfide) groups is 1. The minimum atomic E-state index is -2.24. The van der Waals surface area contributed by atoms with Gasteiger partial charge in [0.25, 0.3) is 0 Å². The molecule has 3 nitrogen and oxygen atoms in total. The Bertz CT molecular complexity index is 511. The Kier molecular flexibility index (Phi) is 6.56. The van der Waals surface area contributed by atoms with Crippen molar-refractivity contribution in [3.05, 3.63) is 23.0 Å². The van der Waals surface area contributed by atoms with E-state index in [9.17, 15) is 13.2 Å². The third-order valence-corrected chi connectivity index (χ3v) is 5.13. The van der Waals surface area contributed by atoms with Crippen molar-refractivity contribution in [1.29, 1.82) is 0 Å². The van der Waals surface area contributed by atoms with Gasteiger partial charge in [0.05, 0.1) is 11.1 Å². The van der Waals surface area contributed by atoms with Crippen molar-refractivity contribution in [3.63, 3.8) is 0 Å². The van der Waals surface area contributed by atoms with Gasteiger partial charge in [0.2, 0.25) is 0 Å². The van der Waals surface area contributed by atoms with E-state index in [0.29, 0.717) is 16.9 Å². The number of aromatic nitrogens is 1. The average molecular weight is 336 g/mol. The zero-order valence-electron chi connectivity index (χ0n) is 11.2. The van der Waals surface area contributed by atoms with Gasteiger partial charge in [-0.3, -0.25) is 0 Å². The van der Waals surface area contributed by atoms with E-state index in [2.05, 4.69) is 10.1 Å². The summed E-state index contributed by atoms with van der Waals surface area (Å²) in [6.45, 7) is 0.650. The zero-order chi connectivity index (χ0) is 15.1. The summed E-state index contributed by atoms with van der Waals surface area (Å²) in [6.07, 6.45) is 4.37. The number of allylic oxidation sites excluding steroid dienone is 1. The minimum absolute atomic E-state index is 0.228. The van der Waals surface area contributed by atoms with Crippen molar-refractivity contribution in [2.45, 2.75) is 30.0 Å². The zero-order valence-corrected chi connectivity index (χ0v) is 12.9. The monoisotopic (exact) mass is 336 g/mol. The Hall–Kier alpha value is -1.02. The molecule has 0 N–H and O–H groups in total. The van der Waals surface area contributed by atoms with Crippen LogP contribution in [-0.2, 0) is 4.84 Å². The Morgan fingerprint density at radius 1 is 1.48 bits per heavy atom. The van der Waals surface area contributed by atoms with E-state index in [1.807, 2.05) is 0 Å². The molecular formula is C13H15F3N2OS2. The first-order valence-electron chi connectivity index (χ1n) is 6.58. The summed E-state index contributed by atoms with van der Waals surface area (Å²) in [5, 5.41) is 3.88. The molecule has 21 heavy (non-hydrogen) atoms. The summed E-state index contributed by atoms with van der Waals surface area (Å²) < 4.78 is 37.0. The summed E-state index contributed by atoms with van der Waals surface area (Å²) in [5.74, 6) is -0.496. The van der Waals surface area contributed by atoms with Gasteiger partial charge >= 0.3 is 6.08 Å². The summed E-state index contributed by atoms with van der Waals surface area (Å²) in [5.41, 5.74) is 0. The van der Waals surface area contributed by atoms with Crippen LogP contribution in [0.25, 0.3) is 0 Å². The van der Waals surface area contributed by atoms with Crippen LogP contribution in [0.1, 0.15) is 30.6 Å². The first kappa shape index (κ1) is 16.4. The first-order chi connectivity index (χ1) is 10.1. The second-order valence-corrected chi connectivity index (χ2v) is 7.02. The number of hydrogen-bond acceptors (Lipinski definition) is 5. The molecule has 0 aromatic carbocycles. The maximum Gasteiger partial charge on any atom is 0.301 e. The Balaban J connectivity index is 1.68. The lowest BCUT2D eigenvalue weighted by molar-refractivity contribution is 0.0768. The van der Waals surface area contributed by atoms with Crippen molar-refractivity contribution in [2.75, 3.05) is 12.4 Å². The predicted molar refractivity (Wildman–Crippen MR) is 78.7 cm³/mol. The highest BCUT2D eigenvalue weighted by molar-refractivity contribution is 8.01. The maximum absolute atomic E-state index is 12.6. The van der Waals surface area contributed by atoms with E-state index in [1.165, 1.54) is 42.4 Å². The van der Waals surface area contributed by atoms with Gasteiger partial charge < -0.3 is 4.84 Å². The molecule has 0 bridgehead atoms. The fraction of sp³-hybridized carbons (Fsp3) is 0.538. The fourth-order valence-electron chi connectivity index (χ4n) is 1.62. The van der Waals surface area contributed by atoms with E-state index >= 15 is 0 Å². The van der Waals surface area contributed by atoms with Crippen LogP contribution in [0.3, 0.4) is 0 Å². The Morgan fingerprint density at radius 3 is 2.95 bits per heavy atom. The molecule has 1 aromatic heterocycles. The van der Waals surface area contributed by atoms with Gasteiger partial charge in [-0.2, -0.15) is 8.78 Å². The summed E-state index contributed by atoms with van der Waals surface area (Å²) >= 11 is 2.61. The lowest BCUT2D eigenvalue weighted by Crippen LogP contribution is -2.16. The summed E-state index contributed by atoms with van der Waals surface area (Å²) in [4.78, 5) is 10.1. The Morgan fingerprint density at radius 2 is 2.29 bits per heavy atom. The molecule has 0 atom stereocenters. The standard InChI is InChI=1S/C13H15F3N2OS2/c14-11(12(15)16)4-5-20-13-17-6-10(21-13)7-18-19-8-9-2-1-3-9/h6-7,9H,1-5,8H2/b18-7-. The summed E-state index contributed by atoms with van der Waals surface area (Å²) in [6, 6.07) is 0. The molecule has 0 saturated heterocycles. The maximum atomic E-state index is 12.6. The van der Waals surface area contributed by atoms with Crippen molar-refractivity contribution < 1.29 is 18.0 Å². The number of rotatable bonds is 8. The highest BCUT2D eigenvalue weighted by atomic mass is 32.2. The van der Waals surface area contributed by atoms with Gasteiger partial charge in [0, 0.05) is 18.4 Å². The van der Waals surface area contributed by atoms with Gasteiger partial charge in [-0.15, -0.1) is 11.3 Å². The van der Waals surface area contributed by atoms with Crippen LogP contribution in [0.4, 0.5) is 13.2 Å². The topological polar surface area (TPSA) is 34.5 Å². The lowest BCUT2D eigenvalue weighted by Gasteiger charge is -2.23. The molecule has 0 spiro atoms. The number of halogens is 3. The molecule has 0 radical (unpaired) electrons. The molecule has 0 unspecified atom stereocenters. The molecule has 116 valence electrons. The van der Waals surface area contributed by atoms with E-state index < -0.39 is 11.9 Å². The van der Waals surface area contributed by atoms with Crippen LogP contribution in [-0.4, -0.2) is 23.6 Å². The first-order valence-corrected chi connectivity index (χ1v) is 8.39. The van der Waals surface area contributed by atoms with Gasteiger partial charge in [0.15, 0.2) is 5.83 Å². The minimum Gasteiger partial charge on any atom is -0.395 e. The highest BCUT2D eigenvalue weighted by Gasteiger charge is 2.17. The van der Waals surface area contributed by atoms with E-state index in [0.717, 1.165) is 4.88 Å². The molecule has 8 heteroatoms.